The summed E-state index contributed by atoms with van der Waals surface area (Å²) < 4.78 is 0. The van der Waals surface area contributed by atoms with E-state index in [0.717, 1.165) is 56.5 Å². The lowest BCUT2D eigenvalue weighted by Gasteiger charge is -2.57. The van der Waals surface area contributed by atoms with E-state index in [2.05, 4.69) is 28.9 Å². The quantitative estimate of drug-likeness (QED) is 0.428. The Hall–Kier alpha value is -1.38. The Morgan fingerprint density at radius 3 is 2.28 bits per heavy atom. The molecule has 0 aliphatic heterocycles. The molecule has 0 unspecified atom stereocenters. The van der Waals surface area contributed by atoms with E-state index in [1.165, 1.54) is 56.9 Å². The fourth-order valence-electron chi connectivity index (χ4n) is 7.19. The molecule has 4 aliphatic rings. The van der Waals surface area contributed by atoms with Crippen molar-refractivity contribution in [3.8, 4) is 0 Å². The highest BCUT2D eigenvalue weighted by molar-refractivity contribution is 5.76. The topological polar surface area (TPSA) is 33.2 Å². The molecule has 0 aromatic carbocycles. The summed E-state index contributed by atoms with van der Waals surface area (Å²) in [6, 6.07) is 4.16. The Bertz CT molecular complexity index is 621. The number of hydrogen-bond donors (Lipinski definition) is 0. The Morgan fingerprint density at radius 2 is 1.66 bits per heavy atom. The van der Waals surface area contributed by atoms with Crippen molar-refractivity contribution in [1.82, 2.24) is 9.88 Å². The molecule has 3 heteroatoms. The lowest BCUT2D eigenvalue weighted by atomic mass is 9.48. The molecule has 4 fully saturated rings. The van der Waals surface area contributed by atoms with Gasteiger partial charge in [-0.25, -0.2) is 0 Å². The first-order valence-electron chi connectivity index (χ1n) is 12.3. The fraction of sp³-hybridized carbons (Fsp3) is 0.769. The second-order valence-electron chi connectivity index (χ2n) is 10.5. The van der Waals surface area contributed by atoms with Gasteiger partial charge in [0.25, 0.3) is 0 Å². The van der Waals surface area contributed by atoms with Crippen LogP contribution in [0.2, 0.25) is 0 Å². The number of carbonyl (C=O) groups is 1. The van der Waals surface area contributed by atoms with Crippen LogP contribution in [0.3, 0.4) is 0 Å². The van der Waals surface area contributed by atoms with Crippen LogP contribution in [0.4, 0.5) is 0 Å². The van der Waals surface area contributed by atoms with Gasteiger partial charge < -0.3 is 4.90 Å². The lowest BCUT2D eigenvalue weighted by Crippen LogP contribution is -2.46. The van der Waals surface area contributed by atoms with Crippen molar-refractivity contribution in [3.63, 3.8) is 0 Å². The predicted octanol–water partition coefficient (Wildman–Crippen LogP) is 6.03. The Labute approximate surface area is 177 Å². The molecule has 4 bridgehead atoms. The number of nitrogens with zero attached hydrogens (tertiary/aromatic N) is 2. The molecule has 0 saturated heterocycles. The number of carbonyl (C=O) groups excluding carboxylic acids is 1. The maximum atomic E-state index is 12.8. The molecule has 0 atom stereocenters. The molecular formula is C26H40N2O. The first-order chi connectivity index (χ1) is 14.2. The summed E-state index contributed by atoms with van der Waals surface area (Å²) in [6.45, 7) is 4.12. The van der Waals surface area contributed by atoms with Crippen LogP contribution < -0.4 is 0 Å². The van der Waals surface area contributed by atoms with Crippen molar-refractivity contribution in [1.29, 1.82) is 0 Å². The van der Waals surface area contributed by atoms with Gasteiger partial charge in [-0.05, 0) is 118 Å². The standard InChI is InChI=1S/C26H40N2O/c1-2-13-28(25(29)7-4-3-6-21-8-11-27-12-9-21)14-5-10-26-18-22-15-23(19-26)17-24(16-22)20-26/h8-9,11-12,22-24H,2-7,10,13-20H2,1H3. The minimum atomic E-state index is 0.382. The minimum absolute atomic E-state index is 0.382. The summed E-state index contributed by atoms with van der Waals surface area (Å²) in [4.78, 5) is 19.1. The van der Waals surface area contributed by atoms with Gasteiger partial charge in [0, 0.05) is 31.9 Å². The van der Waals surface area contributed by atoms with E-state index in [-0.39, 0.29) is 0 Å². The Morgan fingerprint density at radius 1 is 1.00 bits per heavy atom. The molecule has 1 heterocycles. The largest absolute Gasteiger partial charge is 0.343 e. The molecule has 3 nitrogen and oxygen atoms in total. The summed E-state index contributed by atoms with van der Waals surface area (Å²) in [5.41, 5.74) is 1.98. The van der Waals surface area contributed by atoms with Gasteiger partial charge in [0.15, 0.2) is 0 Å². The van der Waals surface area contributed by atoms with E-state index in [1.54, 1.807) is 0 Å². The molecule has 0 N–H and O–H groups in total. The fourth-order valence-corrected chi connectivity index (χ4v) is 7.19. The van der Waals surface area contributed by atoms with Crippen LogP contribution in [0.15, 0.2) is 24.5 Å². The minimum Gasteiger partial charge on any atom is -0.343 e. The van der Waals surface area contributed by atoms with Crippen molar-refractivity contribution in [2.24, 2.45) is 23.2 Å². The average molecular weight is 397 g/mol. The maximum Gasteiger partial charge on any atom is 0.222 e. The van der Waals surface area contributed by atoms with E-state index >= 15 is 0 Å². The molecule has 4 aliphatic carbocycles. The number of amides is 1. The summed E-state index contributed by atoms with van der Waals surface area (Å²) in [6.07, 6.45) is 20.3. The van der Waals surface area contributed by atoms with Crippen molar-refractivity contribution in [2.75, 3.05) is 13.1 Å². The van der Waals surface area contributed by atoms with Gasteiger partial charge in [-0.1, -0.05) is 6.92 Å². The highest BCUT2D eigenvalue weighted by atomic mass is 16.2. The molecule has 5 rings (SSSR count). The van der Waals surface area contributed by atoms with Crippen molar-refractivity contribution < 1.29 is 4.79 Å². The van der Waals surface area contributed by atoms with Crippen LogP contribution in [0.1, 0.15) is 89.5 Å². The van der Waals surface area contributed by atoms with Gasteiger partial charge in [-0.3, -0.25) is 9.78 Å². The third-order valence-corrected chi connectivity index (χ3v) is 8.00. The van der Waals surface area contributed by atoms with E-state index in [0.29, 0.717) is 17.7 Å². The Balaban J connectivity index is 1.19. The summed E-state index contributed by atoms with van der Waals surface area (Å²) in [5.74, 6) is 3.49. The van der Waals surface area contributed by atoms with Gasteiger partial charge in [0.1, 0.15) is 0 Å². The molecule has 1 aromatic heterocycles. The van der Waals surface area contributed by atoms with E-state index in [1.807, 2.05) is 12.4 Å². The van der Waals surface area contributed by atoms with Gasteiger partial charge in [-0.2, -0.15) is 0 Å². The van der Waals surface area contributed by atoms with Gasteiger partial charge in [0.2, 0.25) is 5.91 Å². The molecule has 1 aromatic rings. The smallest absolute Gasteiger partial charge is 0.222 e. The first-order valence-corrected chi connectivity index (χ1v) is 12.3. The van der Waals surface area contributed by atoms with Gasteiger partial charge in [0.05, 0.1) is 0 Å². The molecule has 0 radical (unpaired) electrons. The number of aryl methyl sites for hydroxylation is 1. The number of aromatic nitrogens is 1. The molecule has 29 heavy (non-hydrogen) atoms. The van der Waals surface area contributed by atoms with Crippen LogP contribution in [0, 0.1) is 23.2 Å². The van der Waals surface area contributed by atoms with Crippen LogP contribution in [-0.4, -0.2) is 28.9 Å². The second kappa shape index (κ2) is 9.62. The van der Waals surface area contributed by atoms with Crippen molar-refractivity contribution >= 4 is 5.91 Å². The summed E-state index contributed by atoms with van der Waals surface area (Å²) >= 11 is 0. The molecule has 4 saturated carbocycles. The zero-order valence-electron chi connectivity index (χ0n) is 18.5. The van der Waals surface area contributed by atoms with E-state index in [4.69, 9.17) is 0 Å². The van der Waals surface area contributed by atoms with Gasteiger partial charge in [-0.15, -0.1) is 0 Å². The van der Waals surface area contributed by atoms with Crippen LogP contribution >= 0.6 is 0 Å². The predicted molar refractivity (Wildman–Crippen MR) is 119 cm³/mol. The van der Waals surface area contributed by atoms with E-state index in [9.17, 15) is 4.79 Å². The average Bonchev–Trinajstić information content (AvgIpc) is 2.70. The third kappa shape index (κ3) is 5.41. The van der Waals surface area contributed by atoms with Gasteiger partial charge >= 0.3 is 0 Å². The number of rotatable bonds is 11. The normalized spacial score (nSPS) is 29.9. The highest BCUT2D eigenvalue weighted by Gasteiger charge is 2.50. The van der Waals surface area contributed by atoms with Crippen molar-refractivity contribution in [2.45, 2.75) is 90.4 Å². The zero-order valence-corrected chi connectivity index (χ0v) is 18.5. The SMILES string of the molecule is CCCN(CCCC12CC3CC(CC(C3)C1)C2)C(=O)CCCCc1ccncc1. The summed E-state index contributed by atoms with van der Waals surface area (Å²) in [5, 5.41) is 0. The molecule has 160 valence electrons. The monoisotopic (exact) mass is 396 g/mol. The van der Waals surface area contributed by atoms with Crippen LogP contribution in [0.25, 0.3) is 0 Å². The second-order valence-corrected chi connectivity index (χ2v) is 10.5. The molecule has 0 spiro atoms. The highest BCUT2D eigenvalue weighted by Crippen LogP contribution is 2.61. The third-order valence-electron chi connectivity index (χ3n) is 8.00. The first kappa shape index (κ1) is 20.9. The number of pyridine rings is 1. The van der Waals surface area contributed by atoms with Crippen LogP contribution in [0.5, 0.6) is 0 Å². The Kier molecular flexibility index (Phi) is 6.92. The van der Waals surface area contributed by atoms with Crippen LogP contribution in [-0.2, 0) is 11.2 Å². The molecule has 1 amide bonds. The zero-order chi connectivity index (χ0) is 20.1. The summed E-state index contributed by atoms with van der Waals surface area (Å²) in [7, 11) is 0. The number of unbranched alkanes of at least 4 members (excludes halogenated alkanes) is 1. The lowest BCUT2D eigenvalue weighted by molar-refractivity contribution is -0.131. The van der Waals surface area contributed by atoms with Crippen molar-refractivity contribution in [3.05, 3.63) is 30.1 Å². The number of hydrogen-bond acceptors (Lipinski definition) is 2. The molecular weight excluding hydrogens is 356 g/mol. The maximum absolute atomic E-state index is 12.8. The van der Waals surface area contributed by atoms with E-state index < -0.39 is 0 Å².